The monoisotopic (exact) mass is 356 g/mol. The van der Waals surface area contributed by atoms with E-state index in [1.54, 1.807) is 21.3 Å². The van der Waals surface area contributed by atoms with Gasteiger partial charge in [0.2, 0.25) is 0 Å². The highest BCUT2D eigenvalue weighted by atomic mass is 16.5. The predicted molar refractivity (Wildman–Crippen MR) is 107 cm³/mol. The van der Waals surface area contributed by atoms with E-state index < -0.39 is 0 Å². The van der Waals surface area contributed by atoms with Crippen LogP contribution in [0.3, 0.4) is 0 Å². The van der Waals surface area contributed by atoms with E-state index in [1.165, 1.54) is 5.56 Å². The molecule has 0 radical (unpaired) electrons. The Balaban J connectivity index is 2.29. The molecule has 0 bridgehead atoms. The van der Waals surface area contributed by atoms with Gasteiger partial charge in [-0.25, -0.2) is 0 Å². The molecule has 0 aliphatic heterocycles. The Morgan fingerprint density at radius 1 is 0.885 bits per heavy atom. The summed E-state index contributed by atoms with van der Waals surface area (Å²) in [4.78, 5) is 0. The molecule has 2 rings (SSSR count). The van der Waals surface area contributed by atoms with Gasteiger partial charge in [0.25, 0.3) is 0 Å². The highest BCUT2D eigenvalue weighted by molar-refractivity contribution is 6.04. The zero-order valence-electron chi connectivity index (χ0n) is 16.6. The number of ether oxygens (including phenoxy) is 3. The molecule has 5 nitrogen and oxygen atoms in total. The maximum atomic E-state index is 5.49. The van der Waals surface area contributed by atoms with Crippen molar-refractivity contribution in [1.29, 1.82) is 0 Å². The smallest absolute Gasteiger partial charge is 0.135 e. The average Bonchev–Trinajstić information content (AvgIpc) is 2.64. The molecule has 0 spiro atoms. The van der Waals surface area contributed by atoms with Crippen molar-refractivity contribution in [3.05, 3.63) is 47.5 Å². The van der Waals surface area contributed by atoms with Crippen LogP contribution in [0.5, 0.6) is 17.2 Å². The number of methoxy groups -OCH3 is 3. The van der Waals surface area contributed by atoms with Gasteiger partial charge in [-0.05, 0) is 30.0 Å². The van der Waals surface area contributed by atoms with Crippen molar-refractivity contribution >= 4 is 11.4 Å². The zero-order chi connectivity index (χ0) is 19.3. The second-order valence-electron chi connectivity index (χ2n) is 7.04. The highest BCUT2D eigenvalue weighted by Crippen LogP contribution is 2.34. The van der Waals surface area contributed by atoms with E-state index in [2.05, 4.69) is 43.4 Å². The van der Waals surface area contributed by atoms with Crippen LogP contribution in [-0.4, -0.2) is 27.0 Å². The van der Waals surface area contributed by atoms with Gasteiger partial charge >= 0.3 is 0 Å². The number of nitrogens with zero attached hydrogens (tertiary/aromatic N) is 1. The summed E-state index contributed by atoms with van der Waals surface area (Å²) in [6.07, 6.45) is 0. The summed E-state index contributed by atoms with van der Waals surface area (Å²) in [5.74, 6) is 1.96. The van der Waals surface area contributed by atoms with Crippen molar-refractivity contribution in [2.75, 3.05) is 26.8 Å². The van der Waals surface area contributed by atoms with Gasteiger partial charge in [-0.15, -0.1) is 0 Å². The maximum Gasteiger partial charge on any atom is 0.135 e. The number of nitrogens with one attached hydrogen (secondary N) is 1. The van der Waals surface area contributed by atoms with Crippen molar-refractivity contribution in [2.24, 2.45) is 5.10 Å². The van der Waals surface area contributed by atoms with Gasteiger partial charge in [0.15, 0.2) is 0 Å². The van der Waals surface area contributed by atoms with Gasteiger partial charge in [-0.2, -0.15) is 5.10 Å². The molecule has 2 aromatic rings. The Kier molecular flexibility index (Phi) is 6.14. The third-order valence-corrected chi connectivity index (χ3v) is 4.18. The van der Waals surface area contributed by atoms with Crippen LogP contribution in [0, 0.1) is 0 Å². The molecule has 26 heavy (non-hydrogen) atoms. The fraction of sp³-hybridized carbons (Fsp3) is 0.381. The molecule has 2 aromatic carbocycles. The second-order valence-corrected chi connectivity index (χ2v) is 7.04. The predicted octanol–water partition coefficient (Wildman–Crippen LogP) is 4.85. The largest absolute Gasteiger partial charge is 0.496 e. The number of rotatable bonds is 6. The minimum Gasteiger partial charge on any atom is -0.496 e. The summed E-state index contributed by atoms with van der Waals surface area (Å²) >= 11 is 0. The average molecular weight is 356 g/mol. The summed E-state index contributed by atoms with van der Waals surface area (Å²) in [5.41, 5.74) is 6.96. The molecule has 1 N–H and O–H groups in total. The molecule has 0 atom stereocenters. The molecule has 0 unspecified atom stereocenters. The van der Waals surface area contributed by atoms with Crippen LogP contribution in [0.25, 0.3) is 0 Å². The first-order valence-corrected chi connectivity index (χ1v) is 8.51. The number of anilines is 1. The highest BCUT2D eigenvalue weighted by Gasteiger charge is 2.16. The molecule has 0 heterocycles. The molecule has 0 aliphatic rings. The van der Waals surface area contributed by atoms with Crippen LogP contribution in [0.4, 0.5) is 5.69 Å². The third kappa shape index (κ3) is 4.48. The Morgan fingerprint density at radius 3 is 1.85 bits per heavy atom. The van der Waals surface area contributed by atoms with Gasteiger partial charge in [-0.3, -0.25) is 5.43 Å². The van der Waals surface area contributed by atoms with E-state index in [4.69, 9.17) is 14.2 Å². The molecule has 5 heteroatoms. The lowest BCUT2D eigenvalue weighted by atomic mass is 9.87. The molecule has 0 aliphatic carbocycles. The van der Waals surface area contributed by atoms with Crippen molar-refractivity contribution < 1.29 is 14.2 Å². The Morgan fingerprint density at radius 2 is 1.42 bits per heavy atom. The Hall–Kier alpha value is -2.69. The Bertz CT molecular complexity index is 750. The zero-order valence-corrected chi connectivity index (χ0v) is 16.6. The minimum atomic E-state index is 0.127. The van der Waals surface area contributed by atoms with Crippen LogP contribution in [0.2, 0.25) is 0 Å². The SMILES string of the molecule is COc1cc(OC)c(/C(C)=N/Nc2ccc(C(C)(C)C)cc2)c(OC)c1. The van der Waals surface area contributed by atoms with Gasteiger partial charge in [-0.1, -0.05) is 32.9 Å². The quantitative estimate of drug-likeness (QED) is 0.594. The number of hydrazone groups is 1. The van der Waals surface area contributed by atoms with Gasteiger partial charge in [0.1, 0.15) is 17.2 Å². The van der Waals surface area contributed by atoms with Gasteiger partial charge in [0.05, 0.1) is 38.3 Å². The molecular formula is C21H28N2O3. The normalized spacial score (nSPS) is 11.9. The molecule has 0 fully saturated rings. The van der Waals surface area contributed by atoms with Crippen molar-refractivity contribution in [2.45, 2.75) is 33.1 Å². The van der Waals surface area contributed by atoms with Crippen LogP contribution < -0.4 is 19.6 Å². The number of hydrogen-bond acceptors (Lipinski definition) is 5. The number of benzene rings is 2. The summed E-state index contributed by atoms with van der Waals surface area (Å²) in [6.45, 7) is 8.49. The fourth-order valence-electron chi connectivity index (χ4n) is 2.61. The van der Waals surface area contributed by atoms with Crippen LogP contribution in [-0.2, 0) is 5.41 Å². The van der Waals surface area contributed by atoms with Crippen molar-refractivity contribution in [3.8, 4) is 17.2 Å². The summed E-state index contributed by atoms with van der Waals surface area (Å²) in [6, 6.07) is 11.9. The van der Waals surface area contributed by atoms with Crippen LogP contribution >= 0.6 is 0 Å². The van der Waals surface area contributed by atoms with Crippen LogP contribution in [0.1, 0.15) is 38.8 Å². The van der Waals surface area contributed by atoms with E-state index in [0.717, 1.165) is 17.0 Å². The molecule has 0 saturated carbocycles. The molecule has 0 saturated heterocycles. The molecule has 0 aromatic heterocycles. The number of hydrogen-bond donors (Lipinski definition) is 1. The van der Waals surface area contributed by atoms with E-state index >= 15 is 0 Å². The van der Waals surface area contributed by atoms with E-state index in [-0.39, 0.29) is 5.41 Å². The first-order chi connectivity index (χ1) is 12.3. The second kappa shape index (κ2) is 8.13. The van der Waals surface area contributed by atoms with E-state index in [1.807, 2.05) is 31.2 Å². The van der Waals surface area contributed by atoms with Gasteiger partial charge < -0.3 is 14.2 Å². The first kappa shape index (κ1) is 19.6. The molecule has 0 amide bonds. The van der Waals surface area contributed by atoms with Crippen molar-refractivity contribution in [1.82, 2.24) is 0 Å². The lowest BCUT2D eigenvalue weighted by molar-refractivity contribution is 0.374. The lowest BCUT2D eigenvalue weighted by Crippen LogP contribution is -2.10. The minimum absolute atomic E-state index is 0.127. The molecule has 140 valence electrons. The third-order valence-electron chi connectivity index (χ3n) is 4.18. The summed E-state index contributed by atoms with van der Waals surface area (Å²) in [5, 5.41) is 4.50. The molecular weight excluding hydrogens is 328 g/mol. The van der Waals surface area contributed by atoms with Crippen LogP contribution in [0.15, 0.2) is 41.5 Å². The standard InChI is InChI=1S/C21H28N2O3/c1-14(20-18(25-6)12-17(24-5)13-19(20)26-7)22-23-16-10-8-15(9-11-16)21(2,3)4/h8-13,23H,1-7H3/b22-14+. The summed E-state index contributed by atoms with van der Waals surface area (Å²) < 4.78 is 16.3. The first-order valence-electron chi connectivity index (χ1n) is 8.51. The lowest BCUT2D eigenvalue weighted by Gasteiger charge is -2.19. The fourth-order valence-corrected chi connectivity index (χ4v) is 2.61. The topological polar surface area (TPSA) is 52.1 Å². The van der Waals surface area contributed by atoms with Crippen molar-refractivity contribution in [3.63, 3.8) is 0 Å². The maximum absolute atomic E-state index is 5.49. The Labute approximate surface area is 156 Å². The van der Waals surface area contributed by atoms with Gasteiger partial charge in [0, 0.05) is 12.1 Å². The summed E-state index contributed by atoms with van der Waals surface area (Å²) in [7, 11) is 4.84. The van der Waals surface area contributed by atoms with E-state index in [9.17, 15) is 0 Å². The van der Waals surface area contributed by atoms with E-state index in [0.29, 0.717) is 17.2 Å².